The molecule has 0 radical (unpaired) electrons. The van der Waals surface area contributed by atoms with Gasteiger partial charge in [0.15, 0.2) is 0 Å². The standard InChI is InChI=1S/C19H24N2O2/c1-12-4-7-17-15(10-12)16(11-18(20-17)14-5-6-14)19(23)21(3)9-8-13(2)22/h4,7,10-11,13-14,22H,5-6,8-9H2,1-3H3. The fraction of sp³-hybridized carbons (Fsp3) is 0.474. The maximum absolute atomic E-state index is 12.9. The molecule has 23 heavy (non-hydrogen) atoms. The number of aliphatic hydroxyl groups excluding tert-OH is 1. The van der Waals surface area contributed by atoms with Crippen molar-refractivity contribution in [2.75, 3.05) is 13.6 Å². The Balaban J connectivity index is 1.99. The van der Waals surface area contributed by atoms with E-state index >= 15 is 0 Å². The molecule has 122 valence electrons. The maximum atomic E-state index is 12.9. The second-order valence-electron chi connectivity index (χ2n) is 6.75. The molecule has 3 rings (SSSR count). The Morgan fingerprint density at radius 2 is 2.13 bits per heavy atom. The second kappa shape index (κ2) is 6.28. The smallest absolute Gasteiger partial charge is 0.254 e. The Kier molecular flexibility index (Phi) is 4.35. The predicted molar refractivity (Wildman–Crippen MR) is 91.7 cm³/mol. The molecule has 0 aliphatic heterocycles. The van der Waals surface area contributed by atoms with Crippen molar-refractivity contribution in [3.8, 4) is 0 Å². The number of aryl methyl sites for hydroxylation is 1. The number of carbonyl (C=O) groups is 1. The quantitative estimate of drug-likeness (QED) is 0.922. The van der Waals surface area contributed by atoms with E-state index in [1.54, 1.807) is 18.9 Å². The number of hydrogen-bond acceptors (Lipinski definition) is 3. The zero-order valence-corrected chi connectivity index (χ0v) is 14.0. The summed E-state index contributed by atoms with van der Waals surface area (Å²) in [5.41, 5.74) is 3.79. The summed E-state index contributed by atoms with van der Waals surface area (Å²) in [6.07, 6.45) is 2.51. The van der Waals surface area contributed by atoms with Crippen LogP contribution in [-0.2, 0) is 0 Å². The predicted octanol–water partition coefficient (Wildman–Crippen LogP) is 3.26. The lowest BCUT2D eigenvalue weighted by Crippen LogP contribution is -2.29. The third-order valence-electron chi connectivity index (χ3n) is 4.44. The molecule has 1 aliphatic carbocycles. The summed E-state index contributed by atoms with van der Waals surface area (Å²) in [6, 6.07) is 8.05. The van der Waals surface area contributed by atoms with Gasteiger partial charge >= 0.3 is 0 Å². The van der Waals surface area contributed by atoms with Crippen molar-refractivity contribution in [2.24, 2.45) is 0 Å². The van der Waals surface area contributed by atoms with Crippen LogP contribution in [0.5, 0.6) is 0 Å². The zero-order valence-electron chi connectivity index (χ0n) is 14.0. The van der Waals surface area contributed by atoms with Gasteiger partial charge in [-0.15, -0.1) is 0 Å². The van der Waals surface area contributed by atoms with Crippen LogP contribution in [0.15, 0.2) is 24.3 Å². The van der Waals surface area contributed by atoms with Crippen LogP contribution in [0.25, 0.3) is 10.9 Å². The number of pyridine rings is 1. The minimum atomic E-state index is -0.399. The molecule has 1 fully saturated rings. The molecule has 0 bridgehead atoms. The molecule has 1 atom stereocenters. The Labute approximate surface area is 137 Å². The number of aliphatic hydroxyl groups is 1. The first-order valence-corrected chi connectivity index (χ1v) is 8.30. The first-order valence-electron chi connectivity index (χ1n) is 8.30. The summed E-state index contributed by atoms with van der Waals surface area (Å²) in [4.78, 5) is 19.3. The van der Waals surface area contributed by atoms with Crippen LogP contribution < -0.4 is 0 Å². The van der Waals surface area contributed by atoms with E-state index in [-0.39, 0.29) is 5.91 Å². The third-order valence-corrected chi connectivity index (χ3v) is 4.44. The molecule has 1 amide bonds. The van der Waals surface area contributed by atoms with Gasteiger partial charge in [-0.3, -0.25) is 9.78 Å². The topological polar surface area (TPSA) is 53.4 Å². The van der Waals surface area contributed by atoms with E-state index in [1.165, 1.54) is 0 Å². The van der Waals surface area contributed by atoms with Crippen molar-refractivity contribution in [1.82, 2.24) is 9.88 Å². The minimum Gasteiger partial charge on any atom is -0.393 e. The SMILES string of the molecule is Cc1ccc2nc(C3CC3)cc(C(=O)N(C)CCC(C)O)c2c1. The molecular formula is C19H24N2O2. The first kappa shape index (κ1) is 15.9. The Bertz CT molecular complexity index is 735. The summed E-state index contributed by atoms with van der Waals surface area (Å²) in [7, 11) is 1.80. The number of nitrogens with zero attached hydrogens (tertiary/aromatic N) is 2. The van der Waals surface area contributed by atoms with Gasteiger partial charge in [-0.05, 0) is 51.3 Å². The van der Waals surface area contributed by atoms with Crippen molar-refractivity contribution >= 4 is 16.8 Å². The highest BCUT2D eigenvalue weighted by Crippen LogP contribution is 2.40. The molecular weight excluding hydrogens is 288 g/mol. The van der Waals surface area contributed by atoms with Crippen molar-refractivity contribution < 1.29 is 9.90 Å². The van der Waals surface area contributed by atoms with Crippen molar-refractivity contribution in [2.45, 2.75) is 45.1 Å². The molecule has 1 saturated carbocycles. The number of fused-ring (bicyclic) bond motifs is 1. The lowest BCUT2D eigenvalue weighted by molar-refractivity contribution is 0.0770. The molecule has 2 aromatic rings. The van der Waals surface area contributed by atoms with E-state index in [0.29, 0.717) is 18.9 Å². The number of hydrogen-bond donors (Lipinski definition) is 1. The van der Waals surface area contributed by atoms with Crippen LogP contribution in [0.4, 0.5) is 0 Å². The summed E-state index contributed by atoms with van der Waals surface area (Å²) in [5.74, 6) is 0.514. The number of amides is 1. The van der Waals surface area contributed by atoms with E-state index in [0.717, 1.165) is 40.6 Å². The summed E-state index contributed by atoms with van der Waals surface area (Å²) < 4.78 is 0. The molecule has 1 aromatic heterocycles. The van der Waals surface area contributed by atoms with Crippen LogP contribution >= 0.6 is 0 Å². The highest BCUT2D eigenvalue weighted by atomic mass is 16.3. The highest BCUT2D eigenvalue weighted by Gasteiger charge is 2.27. The van der Waals surface area contributed by atoms with Gasteiger partial charge in [0, 0.05) is 30.6 Å². The molecule has 1 aliphatic rings. The van der Waals surface area contributed by atoms with Gasteiger partial charge < -0.3 is 10.0 Å². The van der Waals surface area contributed by atoms with Crippen LogP contribution in [0.3, 0.4) is 0 Å². The van der Waals surface area contributed by atoms with Gasteiger partial charge in [-0.25, -0.2) is 0 Å². The van der Waals surface area contributed by atoms with E-state index in [4.69, 9.17) is 4.98 Å². The number of aromatic nitrogens is 1. The molecule has 0 saturated heterocycles. The van der Waals surface area contributed by atoms with Crippen molar-refractivity contribution in [1.29, 1.82) is 0 Å². The molecule has 4 heteroatoms. The van der Waals surface area contributed by atoms with E-state index in [2.05, 4.69) is 0 Å². The average Bonchev–Trinajstić information content (AvgIpc) is 3.35. The van der Waals surface area contributed by atoms with E-state index in [1.807, 2.05) is 31.2 Å². The van der Waals surface area contributed by atoms with Gasteiger partial charge in [0.2, 0.25) is 0 Å². The van der Waals surface area contributed by atoms with Crippen LogP contribution in [-0.4, -0.2) is 40.6 Å². The third kappa shape index (κ3) is 3.53. The number of benzene rings is 1. The Morgan fingerprint density at radius 1 is 1.39 bits per heavy atom. The number of carbonyl (C=O) groups excluding carboxylic acids is 1. The summed E-state index contributed by atoms with van der Waals surface area (Å²) >= 11 is 0. The Morgan fingerprint density at radius 3 is 2.78 bits per heavy atom. The van der Waals surface area contributed by atoms with Crippen molar-refractivity contribution in [3.05, 3.63) is 41.1 Å². The van der Waals surface area contributed by atoms with Gasteiger partial charge in [0.05, 0.1) is 17.2 Å². The molecule has 0 spiro atoms. The normalized spacial score (nSPS) is 15.7. The lowest BCUT2D eigenvalue weighted by atomic mass is 10.0. The van der Waals surface area contributed by atoms with Crippen LogP contribution in [0.1, 0.15) is 53.7 Å². The molecule has 1 N–H and O–H groups in total. The summed E-state index contributed by atoms with van der Waals surface area (Å²) in [5, 5.41) is 10.4. The van der Waals surface area contributed by atoms with Crippen LogP contribution in [0.2, 0.25) is 0 Å². The Hall–Kier alpha value is -1.94. The second-order valence-corrected chi connectivity index (χ2v) is 6.75. The molecule has 1 aromatic carbocycles. The number of rotatable bonds is 5. The van der Waals surface area contributed by atoms with Gasteiger partial charge in [0.1, 0.15) is 0 Å². The maximum Gasteiger partial charge on any atom is 0.254 e. The molecule has 1 unspecified atom stereocenters. The van der Waals surface area contributed by atoms with Crippen LogP contribution in [0, 0.1) is 6.92 Å². The monoisotopic (exact) mass is 312 g/mol. The average molecular weight is 312 g/mol. The van der Waals surface area contributed by atoms with Gasteiger partial charge in [-0.1, -0.05) is 11.6 Å². The fourth-order valence-corrected chi connectivity index (χ4v) is 2.81. The van der Waals surface area contributed by atoms with Crippen molar-refractivity contribution in [3.63, 3.8) is 0 Å². The zero-order chi connectivity index (χ0) is 16.6. The van der Waals surface area contributed by atoms with E-state index < -0.39 is 6.10 Å². The summed E-state index contributed by atoms with van der Waals surface area (Å²) in [6.45, 7) is 4.32. The fourth-order valence-electron chi connectivity index (χ4n) is 2.81. The lowest BCUT2D eigenvalue weighted by Gasteiger charge is -2.19. The molecule has 1 heterocycles. The van der Waals surface area contributed by atoms with E-state index in [9.17, 15) is 9.90 Å². The minimum absolute atomic E-state index is 0.00514. The van der Waals surface area contributed by atoms with Gasteiger partial charge in [-0.2, -0.15) is 0 Å². The highest BCUT2D eigenvalue weighted by molar-refractivity contribution is 6.06. The van der Waals surface area contributed by atoms with Gasteiger partial charge in [0.25, 0.3) is 5.91 Å². The molecule has 4 nitrogen and oxygen atoms in total. The first-order chi connectivity index (χ1) is 11.0. The largest absolute Gasteiger partial charge is 0.393 e.